The molecule has 76 valence electrons. The topological polar surface area (TPSA) is 12.9 Å². The van der Waals surface area contributed by atoms with Gasteiger partial charge in [0.25, 0.3) is 0 Å². The van der Waals surface area contributed by atoms with E-state index < -0.39 is 11.9 Å². The Morgan fingerprint density at radius 3 is 2.64 bits per heavy atom. The van der Waals surface area contributed by atoms with Gasteiger partial charge in [0.2, 0.25) is 0 Å². The third-order valence-electron chi connectivity index (χ3n) is 2.11. The second-order valence-corrected chi connectivity index (χ2v) is 4.02. The van der Waals surface area contributed by atoms with Gasteiger partial charge in [-0.15, -0.1) is 11.3 Å². The lowest BCUT2D eigenvalue weighted by Crippen LogP contribution is -2.05. The van der Waals surface area contributed by atoms with Crippen LogP contribution in [-0.4, -0.2) is 4.98 Å². The molecular weight excluding hydrogens is 211 g/mol. The van der Waals surface area contributed by atoms with Gasteiger partial charge in [0.15, 0.2) is 5.69 Å². The van der Waals surface area contributed by atoms with Crippen LogP contribution in [0.15, 0.2) is 11.5 Å². The largest absolute Gasteiger partial charge is 0.434 e. The van der Waals surface area contributed by atoms with E-state index in [2.05, 4.69) is 4.98 Å². The Hall–Kier alpha value is -0.840. The predicted molar refractivity (Wildman–Crippen MR) is 48.9 cm³/mol. The summed E-state index contributed by atoms with van der Waals surface area (Å²) < 4.78 is 36.6. The summed E-state index contributed by atoms with van der Waals surface area (Å²) in [6.45, 7) is 0. The lowest BCUT2D eigenvalue weighted by atomic mass is 10.2. The lowest BCUT2D eigenvalue weighted by molar-refractivity contribution is -0.140. The van der Waals surface area contributed by atoms with Gasteiger partial charge in [0, 0.05) is 5.38 Å². The van der Waals surface area contributed by atoms with E-state index in [1.165, 1.54) is 0 Å². The van der Waals surface area contributed by atoms with Crippen LogP contribution in [0.3, 0.4) is 0 Å². The Bertz CT molecular complexity index is 364. The Kier molecular flexibility index (Phi) is 2.34. The highest BCUT2D eigenvalue weighted by Gasteiger charge is 2.34. The summed E-state index contributed by atoms with van der Waals surface area (Å²) in [5, 5.41) is 1.60. The highest BCUT2D eigenvalue weighted by Crippen LogP contribution is 2.34. The van der Waals surface area contributed by atoms with Gasteiger partial charge in [-0.05, 0) is 24.8 Å². The highest BCUT2D eigenvalue weighted by atomic mass is 32.1. The molecule has 14 heavy (non-hydrogen) atoms. The molecule has 0 aliphatic heterocycles. The fourth-order valence-corrected chi connectivity index (χ4v) is 2.31. The summed E-state index contributed by atoms with van der Waals surface area (Å²) in [4.78, 5) is 3.59. The number of thiazole rings is 1. The maximum atomic E-state index is 12.2. The summed E-state index contributed by atoms with van der Waals surface area (Å²) in [5.74, 6) is 0. The van der Waals surface area contributed by atoms with Crippen LogP contribution < -0.4 is 0 Å². The first-order valence-corrected chi connectivity index (χ1v) is 5.17. The molecule has 2 rings (SSSR count). The molecule has 1 aliphatic carbocycles. The summed E-state index contributed by atoms with van der Waals surface area (Å²) in [6, 6.07) is 0. The van der Waals surface area contributed by atoms with Crippen LogP contribution in [0.4, 0.5) is 13.2 Å². The van der Waals surface area contributed by atoms with Crippen molar-refractivity contribution in [1.29, 1.82) is 0 Å². The minimum atomic E-state index is -4.31. The van der Waals surface area contributed by atoms with Crippen molar-refractivity contribution < 1.29 is 13.2 Å². The van der Waals surface area contributed by atoms with Crippen LogP contribution in [0.5, 0.6) is 0 Å². The maximum Gasteiger partial charge on any atom is 0.434 e. The fourth-order valence-electron chi connectivity index (χ4n) is 1.42. The van der Waals surface area contributed by atoms with Crippen LogP contribution >= 0.6 is 11.3 Å². The molecule has 0 amide bonds. The van der Waals surface area contributed by atoms with Crippen LogP contribution in [-0.2, 0) is 6.18 Å². The Morgan fingerprint density at radius 2 is 2.14 bits per heavy atom. The molecule has 1 nitrogen and oxygen atoms in total. The van der Waals surface area contributed by atoms with Gasteiger partial charge in [-0.3, -0.25) is 0 Å². The molecule has 1 aromatic heterocycles. The van der Waals surface area contributed by atoms with Crippen molar-refractivity contribution in [3.05, 3.63) is 22.2 Å². The number of halogens is 3. The number of hydrogen-bond donors (Lipinski definition) is 0. The molecule has 1 aliphatic rings. The number of hydrogen-bond acceptors (Lipinski definition) is 2. The normalized spacial score (nSPS) is 17.2. The van der Waals surface area contributed by atoms with Crippen molar-refractivity contribution in [1.82, 2.24) is 4.98 Å². The van der Waals surface area contributed by atoms with Crippen LogP contribution in [0.2, 0.25) is 0 Å². The first-order valence-electron chi connectivity index (χ1n) is 4.29. The molecule has 0 unspecified atom stereocenters. The average Bonchev–Trinajstić information content (AvgIpc) is 2.73. The quantitative estimate of drug-likeness (QED) is 0.701. The molecule has 0 spiro atoms. The zero-order chi connectivity index (χ0) is 10.2. The van der Waals surface area contributed by atoms with Crippen molar-refractivity contribution in [3.63, 3.8) is 0 Å². The SMILES string of the molecule is FC(F)(F)c1csc(C2=CCCC2)n1. The van der Waals surface area contributed by atoms with Gasteiger partial charge in [0.05, 0.1) is 0 Å². The van der Waals surface area contributed by atoms with Crippen molar-refractivity contribution in [2.24, 2.45) is 0 Å². The number of rotatable bonds is 1. The average molecular weight is 219 g/mol. The molecule has 0 fully saturated rings. The molecule has 1 heterocycles. The number of nitrogens with zero attached hydrogens (tertiary/aromatic N) is 1. The molecule has 0 N–H and O–H groups in total. The van der Waals surface area contributed by atoms with Gasteiger partial charge in [0.1, 0.15) is 5.01 Å². The molecule has 0 saturated carbocycles. The first kappa shape index (κ1) is 9.71. The minimum Gasteiger partial charge on any atom is -0.232 e. The molecule has 0 bridgehead atoms. The van der Waals surface area contributed by atoms with Gasteiger partial charge in [-0.2, -0.15) is 13.2 Å². The van der Waals surface area contributed by atoms with Crippen molar-refractivity contribution >= 4 is 16.9 Å². The summed E-state index contributed by atoms with van der Waals surface area (Å²) >= 11 is 1.07. The van der Waals surface area contributed by atoms with E-state index in [1.807, 2.05) is 6.08 Å². The van der Waals surface area contributed by atoms with Gasteiger partial charge >= 0.3 is 6.18 Å². The lowest BCUT2D eigenvalue weighted by Gasteiger charge is -2.00. The molecule has 0 saturated heterocycles. The third kappa shape index (κ3) is 1.82. The molecule has 0 atom stereocenters. The van der Waals surface area contributed by atoms with Crippen LogP contribution in [0, 0.1) is 0 Å². The second-order valence-electron chi connectivity index (χ2n) is 3.16. The van der Waals surface area contributed by atoms with Gasteiger partial charge in [-0.25, -0.2) is 4.98 Å². The van der Waals surface area contributed by atoms with E-state index in [1.54, 1.807) is 0 Å². The maximum absolute atomic E-state index is 12.2. The van der Waals surface area contributed by atoms with E-state index in [0.29, 0.717) is 5.01 Å². The number of allylic oxidation sites excluding steroid dienone is 2. The number of aromatic nitrogens is 1. The van der Waals surface area contributed by atoms with Crippen LogP contribution in [0.1, 0.15) is 30.0 Å². The molecular formula is C9H8F3NS. The van der Waals surface area contributed by atoms with Crippen molar-refractivity contribution in [2.75, 3.05) is 0 Å². The summed E-state index contributed by atoms with van der Waals surface area (Å²) in [5.41, 5.74) is 0.191. The summed E-state index contributed by atoms with van der Waals surface area (Å²) in [6.07, 6.45) is 0.490. The van der Waals surface area contributed by atoms with E-state index in [-0.39, 0.29) is 0 Å². The zero-order valence-corrected chi connectivity index (χ0v) is 8.08. The smallest absolute Gasteiger partial charge is 0.232 e. The highest BCUT2D eigenvalue weighted by molar-refractivity contribution is 7.10. The Morgan fingerprint density at radius 1 is 1.36 bits per heavy atom. The zero-order valence-electron chi connectivity index (χ0n) is 7.27. The molecule has 0 radical (unpaired) electrons. The second kappa shape index (κ2) is 3.38. The first-order chi connectivity index (χ1) is 6.57. The molecule has 5 heteroatoms. The molecule has 1 aromatic rings. The van der Waals surface area contributed by atoms with E-state index in [4.69, 9.17) is 0 Å². The van der Waals surface area contributed by atoms with E-state index in [0.717, 1.165) is 41.6 Å². The van der Waals surface area contributed by atoms with Gasteiger partial charge in [-0.1, -0.05) is 6.08 Å². The Labute approximate surface area is 83.3 Å². The van der Waals surface area contributed by atoms with Crippen molar-refractivity contribution in [3.8, 4) is 0 Å². The molecule has 0 aromatic carbocycles. The van der Waals surface area contributed by atoms with E-state index in [9.17, 15) is 13.2 Å². The Balaban J connectivity index is 2.26. The van der Waals surface area contributed by atoms with E-state index >= 15 is 0 Å². The monoisotopic (exact) mass is 219 g/mol. The standard InChI is InChI=1S/C9H8F3NS/c10-9(11,12)7-5-14-8(13-7)6-3-1-2-4-6/h3,5H,1-2,4H2. The summed E-state index contributed by atoms with van der Waals surface area (Å²) in [7, 11) is 0. The number of alkyl halides is 3. The fraction of sp³-hybridized carbons (Fsp3) is 0.444. The predicted octanol–water partition coefficient (Wildman–Crippen LogP) is 3.73. The minimum absolute atomic E-state index is 0.523. The van der Waals surface area contributed by atoms with Crippen LogP contribution in [0.25, 0.3) is 5.57 Å². The van der Waals surface area contributed by atoms with Crippen molar-refractivity contribution in [2.45, 2.75) is 25.4 Å². The third-order valence-corrected chi connectivity index (χ3v) is 3.03. The van der Waals surface area contributed by atoms with Gasteiger partial charge < -0.3 is 0 Å².